The largest absolute Gasteiger partial charge is 0.377 e. The third kappa shape index (κ3) is 2.26. The minimum Gasteiger partial charge on any atom is -0.377 e. The highest BCUT2D eigenvalue weighted by Gasteiger charge is 2.27. The Balaban J connectivity index is 1.99. The van der Waals surface area contributed by atoms with Crippen LogP contribution < -0.4 is 5.73 Å². The molecule has 5 nitrogen and oxygen atoms in total. The molecule has 1 aliphatic rings. The lowest BCUT2D eigenvalue weighted by atomic mass is 10.1. The monoisotopic (exact) mass is 271 g/mol. The molecule has 1 fully saturated rings. The molecule has 0 spiro atoms. The van der Waals surface area contributed by atoms with Gasteiger partial charge in [0, 0.05) is 24.7 Å². The second-order valence-electron chi connectivity index (χ2n) is 4.84. The molecule has 104 valence electrons. The van der Waals surface area contributed by atoms with Crippen molar-refractivity contribution in [2.45, 2.75) is 6.04 Å². The molecule has 2 N–H and O–H groups in total. The first-order valence-corrected chi connectivity index (χ1v) is 6.74. The molecule has 1 saturated heterocycles. The summed E-state index contributed by atoms with van der Waals surface area (Å²) in [5.74, 6) is 0.00218. The highest BCUT2D eigenvalue weighted by Crippen LogP contribution is 2.20. The molecule has 1 atom stereocenters. The second-order valence-corrected chi connectivity index (χ2v) is 4.84. The van der Waals surface area contributed by atoms with E-state index < -0.39 is 0 Å². The van der Waals surface area contributed by atoms with E-state index in [1.807, 2.05) is 29.2 Å². The molecule has 3 rings (SSSR count). The van der Waals surface area contributed by atoms with Crippen LogP contribution in [0, 0.1) is 0 Å². The van der Waals surface area contributed by atoms with Crippen LogP contribution in [-0.4, -0.2) is 48.1 Å². The number of para-hydroxylation sites is 1. The van der Waals surface area contributed by atoms with Crippen LogP contribution in [0.15, 0.2) is 36.5 Å². The molecule has 5 heteroatoms. The van der Waals surface area contributed by atoms with Crippen LogP contribution in [0.25, 0.3) is 10.9 Å². The summed E-state index contributed by atoms with van der Waals surface area (Å²) < 4.78 is 5.39. The number of aromatic nitrogens is 1. The summed E-state index contributed by atoms with van der Waals surface area (Å²) >= 11 is 0. The Morgan fingerprint density at radius 3 is 3.10 bits per heavy atom. The molecular formula is C15H17N3O2. The van der Waals surface area contributed by atoms with Gasteiger partial charge in [0.2, 0.25) is 0 Å². The topological polar surface area (TPSA) is 68.5 Å². The fourth-order valence-corrected chi connectivity index (χ4v) is 2.55. The van der Waals surface area contributed by atoms with Gasteiger partial charge in [0.25, 0.3) is 5.91 Å². The molecule has 20 heavy (non-hydrogen) atoms. The number of nitrogens with two attached hydrogens (primary N) is 1. The van der Waals surface area contributed by atoms with Gasteiger partial charge in [-0.2, -0.15) is 0 Å². The first-order valence-electron chi connectivity index (χ1n) is 6.74. The number of nitrogens with zero attached hydrogens (tertiary/aromatic N) is 2. The highest BCUT2D eigenvalue weighted by molar-refractivity contribution is 6.06. The number of carbonyl (C=O) groups excluding carboxylic acids is 1. The predicted molar refractivity (Wildman–Crippen MR) is 76.4 cm³/mol. The van der Waals surface area contributed by atoms with Gasteiger partial charge in [-0.05, 0) is 12.1 Å². The molecule has 0 saturated carbocycles. The number of amides is 1. The molecule has 1 amide bonds. The molecule has 0 bridgehead atoms. The number of fused-ring (bicyclic) bond motifs is 1. The summed E-state index contributed by atoms with van der Waals surface area (Å²) in [7, 11) is 0. The fraction of sp³-hybridized carbons (Fsp3) is 0.333. The van der Waals surface area contributed by atoms with E-state index in [1.54, 1.807) is 12.3 Å². The van der Waals surface area contributed by atoms with Gasteiger partial charge in [0.05, 0.1) is 30.3 Å². The predicted octanol–water partition coefficient (Wildman–Crippen LogP) is 1.03. The van der Waals surface area contributed by atoms with E-state index in [9.17, 15) is 4.79 Å². The van der Waals surface area contributed by atoms with Gasteiger partial charge in [0.1, 0.15) is 0 Å². The zero-order valence-electron chi connectivity index (χ0n) is 11.2. The summed E-state index contributed by atoms with van der Waals surface area (Å²) in [6.45, 7) is 2.06. The Morgan fingerprint density at radius 1 is 1.40 bits per heavy atom. The lowest BCUT2D eigenvalue weighted by Gasteiger charge is -2.35. The Kier molecular flexibility index (Phi) is 3.62. The summed E-state index contributed by atoms with van der Waals surface area (Å²) in [5.41, 5.74) is 7.24. The minimum atomic E-state index is -0.0526. The molecule has 1 aliphatic heterocycles. The van der Waals surface area contributed by atoms with Crippen molar-refractivity contribution in [3.05, 3.63) is 42.1 Å². The maximum Gasteiger partial charge on any atom is 0.255 e. The zero-order valence-corrected chi connectivity index (χ0v) is 11.2. The Hall–Kier alpha value is -1.98. The number of rotatable bonds is 2. The first kappa shape index (κ1) is 13.0. The molecule has 1 aromatic carbocycles. The second kappa shape index (κ2) is 5.56. The van der Waals surface area contributed by atoms with Crippen molar-refractivity contribution in [1.29, 1.82) is 0 Å². The van der Waals surface area contributed by atoms with Crippen molar-refractivity contribution in [1.82, 2.24) is 9.88 Å². The number of ether oxygens (including phenoxy) is 1. The Labute approximate surface area is 117 Å². The molecule has 0 aliphatic carbocycles. The van der Waals surface area contributed by atoms with Gasteiger partial charge in [0.15, 0.2) is 0 Å². The van der Waals surface area contributed by atoms with Crippen molar-refractivity contribution in [2.24, 2.45) is 5.73 Å². The highest BCUT2D eigenvalue weighted by atomic mass is 16.5. The van der Waals surface area contributed by atoms with E-state index in [2.05, 4.69) is 4.98 Å². The average molecular weight is 271 g/mol. The number of pyridine rings is 1. The quantitative estimate of drug-likeness (QED) is 0.886. The van der Waals surface area contributed by atoms with Crippen molar-refractivity contribution >= 4 is 16.8 Å². The molecule has 1 aromatic heterocycles. The molecule has 2 aromatic rings. The van der Waals surface area contributed by atoms with Crippen molar-refractivity contribution in [2.75, 3.05) is 26.3 Å². The van der Waals surface area contributed by atoms with Gasteiger partial charge in [-0.15, -0.1) is 0 Å². The third-order valence-corrected chi connectivity index (χ3v) is 3.64. The van der Waals surface area contributed by atoms with E-state index in [0.717, 1.165) is 10.9 Å². The summed E-state index contributed by atoms with van der Waals surface area (Å²) in [4.78, 5) is 18.9. The number of carbonyl (C=O) groups is 1. The lowest BCUT2D eigenvalue weighted by Crippen LogP contribution is -2.52. The van der Waals surface area contributed by atoms with E-state index >= 15 is 0 Å². The van der Waals surface area contributed by atoms with E-state index in [0.29, 0.717) is 31.9 Å². The molecule has 1 unspecified atom stereocenters. The maximum absolute atomic E-state index is 12.8. The number of benzene rings is 1. The van der Waals surface area contributed by atoms with Crippen LogP contribution in [0.2, 0.25) is 0 Å². The maximum atomic E-state index is 12.8. The van der Waals surface area contributed by atoms with Gasteiger partial charge in [-0.1, -0.05) is 18.2 Å². The van der Waals surface area contributed by atoms with Crippen molar-refractivity contribution in [3.63, 3.8) is 0 Å². The minimum absolute atomic E-state index is 0.00218. The van der Waals surface area contributed by atoms with E-state index in [1.165, 1.54) is 0 Å². The van der Waals surface area contributed by atoms with Crippen LogP contribution in [0.5, 0.6) is 0 Å². The van der Waals surface area contributed by atoms with Crippen molar-refractivity contribution < 1.29 is 9.53 Å². The number of hydrogen-bond acceptors (Lipinski definition) is 4. The fourth-order valence-electron chi connectivity index (χ4n) is 2.55. The number of hydrogen-bond donors (Lipinski definition) is 1. The van der Waals surface area contributed by atoms with Crippen LogP contribution in [-0.2, 0) is 4.74 Å². The van der Waals surface area contributed by atoms with Gasteiger partial charge in [-0.3, -0.25) is 9.78 Å². The smallest absolute Gasteiger partial charge is 0.255 e. The normalized spacial score (nSPS) is 19.2. The summed E-state index contributed by atoms with van der Waals surface area (Å²) in [6, 6.07) is 9.39. The summed E-state index contributed by atoms with van der Waals surface area (Å²) in [6.07, 6.45) is 1.67. The Bertz CT molecular complexity index is 624. The lowest BCUT2D eigenvalue weighted by molar-refractivity contribution is 0.000945. The molecular weight excluding hydrogens is 254 g/mol. The molecule has 0 radical (unpaired) electrons. The third-order valence-electron chi connectivity index (χ3n) is 3.64. The van der Waals surface area contributed by atoms with E-state index in [-0.39, 0.29) is 11.9 Å². The Morgan fingerprint density at radius 2 is 2.25 bits per heavy atom. The van der Waals surface area contributed by atoms with Gasteiger partial charge >= 0.3 is 0 Å². The standard InChI is InChI=1S/C15H17N3O2/c16-9-11-10-20-8-7-18(11)15(19)13-5-6-17-14-4-2-1-3-12(13)14/h1-6,11H,7-10,16H2. The molecule has 2 heterocycles. The van der Waals surface area contributed by atoms with Crippen LogP contribution in [0.4, 0.5) is 0 Å². The number of morpholine rings is 1. The van der Waals surface area contributed by atoms with Crippen LogP contribution in [0.1, 0.15) is 10.4 Å². The summed E-state index contributed by atoms with van der Waals surface area (Å²) in [5, 5.41) is 0.877. The van der Waals surface area contributed by atoms with Crippen LogP contribution in [0.3, 0.4) is 0 Å². The van der Waals surface area contributed by atoms with Gasteiger partial charge in [-0.25, -0.2) is 0 Å². The van der Waals surface area contributed by atoms with Crippen molar-refractivity contribution in [3.8, 4) is 0 Å². The van der Waals surface area contributed by atoms with Crippen LogP contribution >= 0.6 is 0 Å². The first-order chi connectivity index (χ1) is 9.81. The zero-order chi connectivity index (χ0) is 13.9. The van der Waals surface area contributed by atoms with Gasteiger partial charge < -0.3 is 15.4 Å². The van der Waals surface area contributed by atoms with E-state index in [4.69, 9.17) is 10.5 Å². The average Bonchev–Trinajstić information content (AvgIpc) is 2.53. The SMILES string of the molecule is NCC1COCCN1C(=O)c1ccnc2ccccc12.